The molecule has 144 valence electrons. The third-order valence-electron chi connectivity index (χ3n) is 5.19. The standard InChI is InChI=1S/C21H25Cl2N3O/c1-25(2)17-8-5-15(6-9-17)20(26-11-3-4-12-26)14-24-21(27)18-13-16(22)7-10-19(18)23/h5-10,13,20H,3-4,11-12,14H2,1-2H3,(H,24,27)/p+1/t20-/m0/s1. The average molecular weight is 407 g/mol. The van der Waals surface area contributed by atoms with Crippen LogP contribution in [0.15, 0.2) is 42.5 Å². The zero-order valence-corrected chi connectivity index (χ0v) is 17.3. The van der Waals surface area contributed by atoms with Gasteiger partial charge in [-0.2, -0.15) is 0 Å². The average Bonchev–Trinajstić information content (AvgIpc) is 3.18. The van der Waals surface area contributed by atoms with Gasteiger partial charge in [0, 0.05) is 43.2 Å². The highest BCUT2D eigenvalue weighted by Gasteiger charge is 2.28. The van der Waals surface area contributed by atoms with Crippen molar-refractivity contribution in [2.45, 2.75) is 18.9 Å². The lowest BCUT2D eigenvalue weighted by Crippen LogP contribution is -3.11. The maximum atomic E-state index is 12.6. The molecule has 0 unspecified atom stereocenters. The molecule has 0 aliphatic carbocycles. The number of halogens is 2. The maximum absolute atomic E-state index is 12.6. The summed E-state index contributed by atoms with van der Waals surface area (Å²) in [6.07, 6.45) is 2.46. The van der Waals surface area contributed by atoms with Gasteiger partial charge < -0.3 is 15.1 Å². The Hall–Kier alpha value is -1.75. The number of quaternary nitrogens is 1. The van der Waals surface area contributed by atoms with Crippen LogP contribution in [0.4, 0.5) is 5.69 Å². The molecule has 1 saturated heterocycles. The summed E-state index contributed by atoms with van der Waals surface area (Å²) in [6, 6.07) is 13.8. The fourth-order valence-electron chi connectivity index (χ4n) is 3.64. The molecule has 4 nitrogen and oxygen atoms in total. The Bertz CT molecular complexity index is 787. The van der Waals surface area contributed by atoms with Crippen LogP contribution in [0.3, 0.4) is 0 Å². The Kier molecular flexibility index (Phi) is 6.64. The lowest BCUT2D eigenvalue weighted by molar-refractivity contribution is -0.918. The number of anilines is 1. The number of carbonyl (C=O) groups is 1. The zero-order valence-electron chi connectivity index (χ0n) is 15.8. The molecule has 1 aliphatic rings. The van der Waals surface area contributed by atoms with E-state index in [4.69, 9.17) is 23.2 Å². The summed E-state index contributed by atoms with van der Waals surface area (Å²) < 4.78 is 0. The van der Waals surface area contributed by atoms with E-state index in [0.717, 1.165) is 13.1 Å². The summed E-state index contributed by atoms with van der Waals surface area (Å²) in [7, 11) is 4.07. The molecule has 27 heavy (non-hydrogen) atoms. The monoisotopic (exact) mass is 406 g/mol. The molecular weight excluding hydrogens is 381 g/mol. The van der Waals surface area contributed by atoms with E-state index in [0.29, 0.717) is 22.2 Å². The second-order valence-corrected chi connectivity index (χ2v) is 8.08. The first-order valence-corrected chi connectivity index (χ1v) is 10.1. The van der Waals surface area contributed by atoms with Gasteiger partial charge in [-0.15, -0.1) is 0 Å². The Morgan fingerprint density at radius 2 is 1.78 bits per heavy atom. The van der Waals surface area contributed by atoms with E-state index < -0.39 is 0 Å². The van der Waals surface area contributed by atoms with Gasteiger partial charge in [-0.05, 0) is 30.3 Å². The van der Waals surface area contributed by atoms with Gasteiger partial charge in [0.05, 0.1) is 30.2 Å². The fourth-order valence-corrected chi connectivity index (χ4v) is 4.02. The second-order valence-electron chi connectivity index (χ2n) is 7.24. The van der Waals surface area contributed by atoms with Crippen LogP contribution in [0.1, 0.15) is 34.8 Å². The minimum atomic E-state index is -0.184. The van der Waals surface area contributed by atoms with Crippen LogP contribution in [0.2, 0.25) is 10.0 Å². The van der Waals surface area contributed by atoms with Gasteiger partial charge >= 0.3 is 0 Å². The summed E-state index contributed by atoms with van der Waals surface area (Å²) in [5, 5.41) is 3.99. The molecule has 1 aliphatic heterocycles. The molecule has 1 heterocycles. The van der Waals surface area contributed by atoms with Gasteiger partial charge in [-0.3, -0.25) is 4.79 Å². The molecule has 0 spiro atoms. The topological polar surface area (TPSA) is 36.8 Å². The van der Waals surface area contributed by atoms with Gasteiger partial charge in [-0.25, -0.2) is 0 Å². The van der Waals surface area contributed by atoms with Crippen molar-refractivity contribution in [3.63, 3.8) is 0 Å². The normalized spacial score (nSPS) is 15.6. The van der Waals surface area contributed by atoms with E-state index in [9.17, 15) is 4.79 Å². The quantitative estimate of drug-likeness (QED) is 0.772. The number of hydrogen-bond acceptors (Lipinski definition) is 2. The molecule has 0 saturated carbocycles. The van der Waals surface area contributed by atoms with Crippen LogP contribution in [0, 0.1) is 0 Å². The van der Waals surface area contributed by atoms with Gasteiger partial charge in [0.15, 0.2) is 0 Å². The van der Waals surface area contributed by atoms with Crippen LogP contribution >= 0.6 is 23.2 Å². The Morgan fingerprint density at radius 1 is 1.11 bits per heavy atom. The van der Waals surface area contributed by atoms with Crippen molar-refractivity contribution >= 4 is 34.8 Å². The first-order chi connectivity index (χ1) is 13.0. The van der Waals surface area contributed by atoms with E-state index in [1.165, 1.54) is 29.0 Å². The molecule has 1 amide bonds. The number of nitrogens with zero attached hydrogens (tertiary/aromatic N) is 1. The Morgan fingerprint density at radius 3 is 2.41 bits per heavy atom. The summed E-state index contributed by atoms with van der Waals surface area (Å²) in [4.78, 5) is 16.2. The maximum Gasteiger partial charge on any atom is 0.253 e. The number of hydrogen-bond donors (Lipinski definition) is 2. The summed E-state index contributed by atoms with van der Waals surface area (Å²) in [5.74, 6) is -0.184. The van der Waals surface area contributed by atoms with E-state index >= 15 is 0 Å². The van der Waals surface area contributed by atoms with Crippen LogP contribution in [-0.4, -0.2) is 39.6 Å². The fraction of sp³-hybridized carbons (Fsp3) is 0.381. The number of benzene rings is 2. The Labute approximate surface area is 171 Å². The number of carbonyl (C=O) groups excluding carboxylic acids is 1. The van der Waals surface area contributed by atoms with E-state index in [1.807, 2.05) is 14.1 Å². The predicted molar refractivity (Wildman–Crippen MR) is 112 cm³/mol. The molecule has 2 aromatic carbocycles. The Balaban J connectivity index is 1.75. The summed E-state index contributed by atoms with van der Waals surface area (Å²) in [5.41, 5.74) is 2.83. The van der Waals surface area contributed by atoms with Crippen LogP contribution in [-0.2, 0) is 0 Å². The summed E-state index contributed by atoms with van der Waals surface area (Å²) >= 11 is 12.2. The third kappa shape index (κ3) is 4.95. The van der Waals surface area contributed by atoms with Gasteiger partial charge in [0.1, 0.15) is 6.04 Å². The highest BCUT2D eigenvalue weighted by molar-refractivity contribution is 6.35. The lowest BCUT2D eigenvalue weighted by Gasteiger charge is -2.26. The van der Waals surface area contributed by atoms with Gasteiger partial charge in [0.2, 0.25) is 0 Å². The van der Waals surface area contributed by atoms with Crippen molar-refractivity contribution in [3.05, 3.63) is 63.6 Å². The number of amides is 1. The van der Waals surface area contributed by atoms with Gasteiger partial charge in [-0.1, -0.05) is 35.3 Å². The molecule has 1 fully saturated rings. The minimum absolute atomic E-state index is 0.184. The second kappa shape index (κ2) is 8.96. The minimum Gasteiger partial charge on any atom is -0.378 e. The zero-order chi connectivity index (χ0) is 19.4. The van der Waals surface area contributed by atoms with Crippen LogP contribution in [0.5, 0.6) is 0 Å². The van der Waals surface area contributed by atoms with Gasteiger partial charge in [0.25, 0.3) is 5.91 Å². The van der Waals surface area contributed by atoms with E-state index in [2.05, 4.69) is 34.5 Å². The molecule has 2 N–H and O–H groups in total. The van der Waals surface area contributed by atoms with Crippen molar-refractivity contribution < 1.29 is 9.69 Å². The first kappa shape index (κ1) is 20.0. The molecule has 0 bridgehead atoms. The highest BCUT2D eigenvalue weighted by atomic mass is 35.5. The molecular formula is C21H26Cl2N3O+. The molecule has 1 atom stereocenters. The number of rotatable bonds is 6. The molecule has 0 radical (unpaired) electrons. The largest absolute Gasteiger partial charge is 0.378 e. The van der Waals surface area contributed by atoms with Crippen molar-refractivity contribution in [2.75, 3.05) is 38.6 Å². The van der Waals surface area contributed by atoms with Crippen molar-refractivity contribution in [2.24, 2.45) is 0 Å². The highest BCUT2D eigenvalue weighted by Crippen LogP contribution is 2.21. The van der Waals surface area contributed by atoms with E-state index in [1.54, 1.807) is 18.2 Å². The molecule has 2 aromatic rings. The van der Waals surface area contributed by atoms with Crippen molar-refractivity contribution in [1.82, 2.24) is 5.32 Å². The van der Waals surface area contributed by atoms with Crippen molar-refractivity contribution in [1.29, 1.82) is 0 Å². The van der Waals surface area contributed by atoms with E-state index in [-0.39, 0.29) is 11.9 Å². The third-order valence-corrected chi connectivity index (χ3v) is 5.75. The SMILES string of the molecule is CN(C)c1ccc([C@H](CNC(=O)c2cc(Cl)ccc2Cl)[NH+]2CCCC2)cc1. The molecule has 3 rings (SSSR count). The van der Waals surface area contributed by atoms with Crippen LogP contribution < -0.4 is 15.1 Å². The number of likely N-dealkylation sites (tertiary alicyclic amines) is 1. The molecule has 6 heteroatoms. The predicted octanol–water partition coefficient (Wildman–Crippen LogP) is 3.21. The smallest absolute Gasteiger partial charge is 0.253 e. The lowest BCUT2D eigenvalue weighted by atomic mass is 10.0. The molecule has 0 aromatic heterocycles. The summed E-state index contributed by atoms with van der Waals surface area (Å²) in [6.45, 7) is 2.83. The number of nitrogens with one attached hydrogen (secondary N) is 2. The van der Waals surface area contributed by atoms with Crippen molar-refractivity contribution in [3.8, 4) is 0 Å². The first-order valence-electron chi connectivity index (χ1n) is 9.31. The van der Waals surface area contributed by atoms with Crippen LogP contribution in [0.25, 0.3) is 0 Å².